The third-order valence-electron chi connectivity index (χ3n) is 2.86. The lowest BCUT2D eigenvalue weighted by atomic mass is 10.0. The molecule has 0 fully saturated rings. The standard InChI is InChI=1S/C15H23BrO/c1-4-6-7-8-14(16)13-11-12(3)9-10-15(13)17-5-2/h9-11,14H,4-8H2,1-3H3. The highest BCUT2D eigenvalue weighted by Crippen LogP contribution is 2.35. The van der Waals surface area contributed by atoms with Crippen molar-refractivity contribution >= 4 is 15.9 Å². The molecule has 0 aliphatic heterocycles. The van der Waals surface area contributed by atoms with Gasteiger partial charge in [0, 0.05) is 10.4 Å². The maximum absolute atomic E-state index is 5.69. The lowest BCUT2D eigenvalue weighted by Crippen LogP contribution is -1.99. The quantitative estimate of drug-likeness (QED) is 0.483. The second kappa shape index (κ2) is 7.75. The number of unbranched alkanes of at least 4 members (excludes halogenated alkanes) is 2. The molecular weight excluding hydrogens is 276 g/mol. The van der Waals surface area contributed by atoms with Crippen LogP contribution in [0.2, 0.25) is 0 Å². The van der Waals surface area contributed by atoms with E-state index in [2.05, 4.69) is 48.0 Å². The minimum absolute atomic E-state index is 0.412. The zero-order valence-electron chi connectivity index (χ0n) is 11.1. The summed E-state index contributed by atoms with van der Waals surface area (Å²) < 4.78 is 5.69. The molecule has 1 aromatic rings. The number of hydrogen-bond donors (Lipinski definition) is 0. The van der Waals surface area contributed by atoms with Gasteiger partial charge >= 0.3 is 0 Å². The Kier molecular flexibility index (Phi) is 6.64. The number of halogens is 1. The van der Waals surface area contributed by atoms with Gasteiger partial charge in [-0.1, -0.05) is 59.8 Å². The van der Waals surface area contributed by atoms with Crippen LogP contribution in [0.1, 0.15) is 55.5 Å². The maximum Gasteiger partial charge on any atom is 0.123 e. The zero-order chi connectivity index (χ0) is 12.7. The van der Waals surface area contributed by atoms with Crippen LogP contribution in [-0.4, -0.2) is 6.61 Å². The smallest absolute Gasteiger partial charge is 0.123 e. The highest BCUT2D eigenvalue weighted by atomic mass is 79.9. The second-order valence-electron chi connectivity index (χ2n) is 4.44. The largest absolute Gasteiger partial charge is 0.494 e. The Hall–Kier alpha value is -0.500. The molecule has 0 saturated carbocycles. The van der Waals surface area contributed by atoms with Crippen LogP contribution in [0.5, 0.6) is 5.75 Å². The first-order valence-corrected chi connectivity index (χ1v) is 7.48. The number of benzene rings is 1. The third kappa shape index (κ3) is 4.71. The van der Waals surface area contributed by atoms with Gasteiger partial charge in [-0.2, -0.15) is 0 Å². The summed E-state index contributed by atoms with van der Waals surface area (Å²) in [4.78, 5) is 0.412. The molecule has 0 N–H and O–H groups in total. The van der Waals surface area contributed by atoms with Crippen LogP contribution in [0.15, 0.2) is 18.2 Å². The van der Waals surface area contributed by atoms with Gasteiger partial charge in [-0.15, -0.1) is 0 Å². The molecule has 0 radical (unpaired) electrons. The van der Waals surface area contributed by atoms with Crippen molar-refractivity contribution in [3.63, 3.8) is 0 Å². The van der Waals surface area contributed by atoms with Gasteiger partial charge in [0.05, 0.1) is 6.61 Å². The topological polar surface area (TPSA) is 9.23 Å². The highest BCUT2D eigenvalue weighted by molar-refractivity contribution is 9.09. The van der Waals surface area contributed by atoms with Gasteiger partial charge in [-0.05, 0) is 26.3 Å². The van der Waals surface area contributed by atoms with E-state index >= 15 is 0 Å². The van der Waals surface area contributed by atoms with Crippen molar-refractivity contribution in [3.05, 3.63) is 29.3 Å². The van der Waals surface area contributed by atoms with Crippen molar-refractivity contribution in [2.24, 2.45) is 0 Å². The number of rotatable bonds is 7. The molecule has 17 heavy (non-hydrogen) atoms. The first-order valence-electron chi connectivity index (χ1n) is 6.56. The van der Waals surface area contributed by atoms with E-state index in [1.54, 1.807) is 0 Å². The van der Waals surface area contributed by atoms with Crippen LogP contribution in [-0.2, 0) is 0 Å². The van der Waals surface area contributed by atoms with Crippen LogP contribution in [0.4, 0.5) is 0 Å². The van der Waals surface area contributed by atoms with Gasteiger partial charge in [0.15, 0.2) is 0 Å². The Bertz CT molecular complexity index is 336. The van der Waals surface area contributed by atoms with E-state index in [1.165, 1.54) is 36.8 Å². The van der Waals surface area contributed by atoms with Gasteiger partial charge in [-0.25, -0.2) is 0 Å². The average Bonchev–Trinajstić information content (AvgIpc) is 2.32. The zero-order valence-corrected chi connectivity index (χ0v) is 12.7. The van der Waals surface area contributed by atoms with Gasteiger partial charge in [-0.3, -0.25) is 0 Å². The monoisotopic (exact) mass is 298 g/mol. The normalized spacial score (nSPS) is 12.5. The SMILES string of the molecule is CCCCCC(Br)c1cc(C)ccc1OCC. The van der Waals surface area contributed by atoms with Crippen LogP contribution in [0.3, 0.4) is 0 Å². The molecule has 0 heterocycles. The Morgan fingerprint density at radius 2 is 2.00 bits per heavy atom. The molecule has 0 aromatic heterocycles. The fraction of sp³-hybridized carbons (Fsp3) is 0.600. The molecule has 1 aromatic carbocycles. The lowest BCUT2D eigenvalue weighted by Gasteiger charge is -2.16. The Balaban J connectivity index is 2.74. The molecule has 0 aliphatic rings. The molecule has 0 bridgehead atoms. The molecule has 1 atom stereocenters. The van der Waals surface area contributed by atoms with E-state index in [9.17, 15) is 0 Å². The predicted octanol–water partition coefficient (Wildman–Crippen LogP) is 5.41. The van der Waals surface area contributed by atoms with E-state index in [4.69, 9.17) is 4.74 Å². The predicted molar refractivity (Wildman–Crippen MR) is 78.2 cm³/mol. The average molecular weight is 299 g/mol. The molecule has 1 nitrogen and oxygen atoms in total. The van der Waals surface area contributed by atoms with Gasteiger partial charge < -0.3 is 4.74 Å². The highest BCUT2D eigenvalue weighted by Gasteiger charge is 2.13. The number of alkyl halides is 1. The summed E-state index contributed by atoms with van der Waals surface area (Å²) in [7, 11) is 0. The summed E-state index contributed by atoms with van der Waals surface area (Å²) in [6, 6.07) is 6.43. The summed E-state index contributed by atoms with van der Waals surface area (Å²) in [6.45, 7) is 7.13. The molecule has 0 spiro atoms. The van der Waals surface area contributed by atoms with Crippen molar-refractivity contribution in [1.82, 2.24) is 0 Å². The molecule has 1 rings (SSSR count). The van der Waals surface area contributed by atoms with Crippen molar-refractivity contribution in [3.8, 4) is 5.75 Å². The fourth-order valence-corrected chi connectivity index (χ4v) is 2.61. The first-order chi connectivity index (χ1) is 8.19. The van der Waals surface area contributed by atoms with Crippen molar-refractivity contribution in [2.75, 3.05) is 6.61 Å². The van der Waals surface area contributed by atoms with Crippen LogP contribution >= 0.6 is 15.9 Å². The second-order valence-corrected chi connectivity index (χ2v) is 5.54. The molecule has 0 amide bonds. The molecule has 0 aliphatic carbocycles. The first kappa shape index (κ1) is 14.6. The number of ether oxygens (including phenoxy) is 1. The number of hydrogen-bond acceptors (Lipinski definition) is 1. The maximum atomic E-state index is 5.69. The Labute approximate surface area is 114 Å². The molecule has 0 saturated heterocycles. The van der Waals surface area contributed by atoms with E-state index in [-0.39, 0.29) is 0 Å². The minimum Gasteiger partial charge on any atom is -0.494 e. The van der Waals surface area contributed by atoms with Crippen molar-refractivity contribution in [2.45, 2.75) is 51.3 Å². The van der Waals surface area contributed by atoms with E-state index in [0.717, 1.165) is 12.4 Å². The molecule has 96 valence electrons. The van der Waals surface area contributed by atoms with Crippen molar-refractivity contribution < 1.29 is 4.74 Å². The van der Waals surface area contributed by atoms with Crippen LogP contribution < -0.4 is 4.74 Å². The fourth-order valence-electron chi connectivity index (χ4n) is 1.93. The summed E-state index contributed by atoms with van der Waals surface area (Å²) in [5, 5.41) is 0. The third-order valence-corrected chi connectivity index (χ3v) is 3.81. The van der Waals surface area contributed by atoms with E-state index in [0.29, 0.717) is 4.83 Å². The number of aryl methyl sites for hydroxylation is 1. The lowest BCUT2D eigenvalue weighted by molar-refractivity contribution is 0.336. The van der Waals surface area contributed by atoms with Gasteiger partial charge in [0.1, 0.15) is 5.75 Å². The summed E-state index contributed by atoms with van der Waals surface area (Å²) in [6.07, 6.45) is 5.02. The van der Waals surface area contributed by atoms with E-state index in [1.807, 2.05) is 6.92 Å². The Morgan fingerprint density at radius 3 is 2.65 bits per heavy atom. The molecule has 2 heteroatoms. The minimum atomic E-state index is 0.412. The summed E-state index contributed by atoms with van der Waals surface area (Å²) >= 11 is 3.79. The van der Waals surface area contributed by atoms with Crippen LogP contribution in [0.25, 0.3) is 0 Å². The summed E-state index contributed by atoms with van der Waals surface area (Å²) in [5.74, 6) is 1.02. The van der Waals surface area contributed by atoms with Crippen molar-refractivity contribution in [1.29, 1.82) is 0 Å². The van der Waals surface area contributed by atoms with Crippen LogP contribution in [0, 0.1) is 6.92 Å². The summed E-state index contributed by atoms with van der Waals surface area (Å²) in [5.41, 5.74) is 2.59. The van der Waals surface area contributed by atoms with E-state index < -0.39 is 0 Å². The molecule has 1 unspecified atom stereocenters. The van der Waals surface area contributed by atoms with Gasteiger partial charge in [0.2, 0.25) is 0 Å². The molecular formula is C15H23BrO. The Morgan fingerprint density at radius 1 is 1.24 bits per heavy atom. The van der Waals surface area contributed by atoms with Gasteiger partial charge in [0.25, 0.3) is 0 Å².